The van der Waals surface area contributed by atoms with Crippen LogP contribution in [0, 0.1) is 0 Å². The molecule has 1 aromatic rings. The van der Waals surface area contributed by atoms with E-state index in [1.807, 2.05) is 30.9 Å². The van der Waals surface area contributed by atoms with E-state index in [2.05, 4.69) is 23.8 Å². The molecule has 0 bridgehead atoms. The molecular weight excluding hydrogens is 240 g/mol. The Labute approximate surface area is 115 Å². The van der Waals surface area contributed by atoms with Gasteiger partial charge in [0.25, 0.3) is 0 Å². The minimum absolute atomic E-state index is 0.134. The monoisotopic (exact) mass is 264 g/mol. The van der Waals surface area contributed by atoms with Gasteiger partial charge in [0, 0.05) is 25.4 Å². The van der Waals surface area contributed by atoms with Crippen LogP contribution in [0.2, 0.25) is 0 Å². The third kappa shape index (κ3) is 5.16. The van der Waals surface area contributed by atoms with Gasteiger partial charge in [-0.3, -0.25) is 0 Å². The molecule has 5 heteroatoms. The van der Waals surface area contributed by atoms with Crippen LogP contribution in [-0.2, 0) is 6.54 Å². The Balaban J connectivity index is 2.60. The molecule has 0 radical (unpaired) electrons. The Kier molecular flexibility index (Phi) is 6.12. The van der Waals surface area contributed by atoms with Crippen molar-refractivity contribution in [3.8, 4) is 5.88 Å². The molecule has 0 aliphatic rings. The standard InChI is InChI=1S/C14H24N4O/c1-5-18(6-2)14(15)17-10-12-7-8-13(16-9-12)19-11(3)4/h7-9,11H,5-6,10H2,1-4H3,(H2,15,17). The van der Waals surface area contributed by atoms with Gasteiger partial charge < -0.3 is 15.4 Å². The maximum absolute atomic E-state index is 5.91. The van der Waals surface area contributed by atoms with Crippen LogP contribution in [0.3, 0.4) is 0 Å². The second kappa shape index (κ2) is 7.61. The molecule has 5 nitrogen and oxygen atoms in total. The summed E-state index contributed by atoms with van der Waals surface area (Å²) in [7, 11) is 0. The molecule has 0 saturated carbocycles. The van der Waals surface area contributed by atoms with Crippen molar-refractivity contribution in [2.24, 2.45) is 10.7 Å². The Morgan fingerprint density at radius 2 is 2.05 bits per heavy atom. The van der Waals surface area contributed by atoms with E-state index in [1.54, 1.807) is 6.20 Å². The smallest absolute Gasteiger partial charge is 0.213 e. The van der Waals surface area contributed by atoms with E-state index in [9.17, 15) is 0 Å². The molecule has 2 N–H and O–H groups in total. The molecule has 19 heavy (non-hydrogen) atoms. The molecule has 0 aliphatic heterocycles. The molecule has 0 saturated heterocycles. The van der Waals surface area contributed by atoms with Crippen molar-refractivity contribution in [3.63, 3.8) is 0 Å². The third-order valence-electron chi connectivity index (χ3n) is 2.67. The SMILES string of the molecule is CCN(CC)C(N)=NCc1ccc(OC(C)C)nc1. The predicted molar refractivity (Wildman–Crippen MR) is 78.2 cm³/mol. The Morgan fingerprint density at radius 1 is 1.37 bits per heavy atom. The number of nitrogens with two attached hydrogens (primary N) is 1. The highest BCUT2D eigenvalue weighted by atomic mass is 16.5. The summed E-state index contributed by atoms with van der Waals surface area (Å²) in [5, 5.41) is 0. The molecule has 0 aromatic carbocycles. The Bertz CT molecular complexity index is 396. The molecule has 0 unspecified atom stereocenters. The lowest BCUT2D eigenvalue weighted by Crippen LogP contribution is -2.37. The van der Waals surface area contributed by atoms with Crippen LogP contribution >= 0.6 is 0 Å². The van der Waals surface area contributed by atoms with Gasteiger partial charge in [0.15, 0.2) is 5.96 Å². The van der Waals surface area contributed by atoms with E-state index in [-0.39, 0.29) is 6.10 Å². The van der Waals surface area contributed by atoms with Crippen molar-refractivity contribution in [1.82, 2.24) is 9.88 Å². The summed E-state index contributed by atoms with van der Waals surface area (Å²) in [6.07, 6.45) is 1.91. The minimum atomic E-state index is 0.134. The first-order valence-electron chi connectivity index (χ1n) is 6.73. The normalized spacial score (nSPS) is 11.7. The first kappa shape index (κ1) is 15.3. The summed E-state index contributed by atoms with van der Waals surface area (Å²) in [5.41, 5.74) is 6.93. The van der Waals surface area contributed by atoms with Gasteiger partial charge >= 0.3 is 0 Å². The van der Waals surface area contributed by atoms with Crippen molar-refractivity contribution in [2.75, 3.05) is 13.1 Å². The maximum Gasteiger partial charge on any atom is 0.213 e. The van der Waals surface area contributed by atoms with Gasteiger partial charge in [-0.05, 0) is 33.3 Å². The summed E-state index contributed by atoms with van der Waals surface area (Å²) >= 11 is 0. The molecule has 0 amide bonds. The highest BCUT2D eigenvalue weighted by Gasteiger charge is 2.02. The van der Waals surface area contributed by atoms with Crippen LogP contribution < -0.4 is 10.5 Å². The van der Waals surface area contributed by atoms with Gasteiger partial charge in [0.2, 0.25) is 5.88 Å². The van der Waals surface area contributed by atoms with Crippen molar-refractivity contribution < 1.29 is 4.74 Å². The average Bonchev–Trinajstić information content (AvgIpc) is 2.38. The zero-order chi connectivity index (χ0) is 14.3. The highest BCUT2D eigenvalue weighted by molar-refractivity contribution is 5.77. The lowest BCUT2D eigenvalue weighted by Gasteiger charge is -2.19. The lowest BCUT2D eigenvalue weighted by atomic mass is 10.3. The summed E-state index contributed by atoms with van der Waals surface area (Å²) < 4.78 is 5.49. The van der Waals surface area contributed by atoms with Gasteiger partial charge in [0.1, 0.15) is 0 Å². The van der Waals surface area contributed by atoms with Gasteiger partial charge in [-0.15, -0.1) is 0 Å². The number of aliphatic imine (C=N–C) groups is 1. The number of guanidine groups is 1. The molecular formula is C14H24N4O. The summed E-state index contributed by atoms with van der Waals surface area (Å²) in [6, 6.07) is 3.82. The molecule has 1 rings (SSSR count). The summed E-state index contributed by atoms with van der Waals surface area (Å²) in [5.74, 6) is 1.21. The van der Waals surface area contributed by atoms with E-state index in [4.69, 9.17) is 10.5 Å². The number of nitrogens with zero attached hydrogens (tertiary/aromatic N) is 3. The van der Waals surface area contributed by atoms with Gasteiger partial charge in [0.05, 0.1) is 12.6 Å². The van der Waals surface area contributed by atoms with Crippen LogP contribution in [0.1, 0.15) is 33.3 Å². The van der Waals surface area contributed by atoms with E-state index in [1.165, 1.54) is 0 Å². The second-order valence-corrected chi connectivity index (χ2v) is 4.52. The molecule has 106 valence electrons. The van der Waals surface area contributed by atoms with Crippen LogP contribution in [-0.4, -0.2) is 35.0 Å². The molecule has 0 aliphatic carbocycles. The first-order valence-corrected chi connectivity index (χ1v) is 6.73. The fourth-order valence-corrected chi connectivity index (χ4v) is 1.64. The minimum Gasteiger partial charge on any atom is -0.475 e. The fraction of sp³-hybridized carbons (Fsp3) is 0.571. The Morgan fingerprint density at radius 3 is 2.53 bits per heavy atom. The quantitative estimate of drug-likeness (QED) is 0.630. The van der Waals surface area contributed by atoms with E-state index < -0.39 is 0 Å². The van der Waals surface area contributed by atoms with Crippen molar-refractivity contribution >= 4 is 5.96 Å². The molecule has 1 heterocycles. The van der Waals surface area contributed by atoms with Crippen LogP contribution in [0.25, 0.3) is 0 Å². The summed E-state index contributed by atoms with van der Waals surface area (Å²) in [6.45, 7) is 10.3. The lowest BCUT2D eigenvalue weighted by molar-refractivity contribution is 0.232. The van der Waals surface area contributed by atoms with Crippen molar-refractivity contribution in [3.05, 3.63) is 23.9 Å². The molecule has 1 aromatic heterocycles. The van der Waals surface area contributed by atoms with E-state index >= 15 is 0 Å². The molecule has 0 fully saturated rings. The van der Waals surface area contributed by atoms with Crippen LogP contribution in [0.5, 0.6) is 5.88 Å². The predicted octanol–water partition coefficient (Wildman–Crippen LogP) is 2.03. The van der Waals surface area contributed by atoms with Gasteiger partial charge in [-0.2, -0.15) is 0 Å². The maximum atomic E-state index is 5.91. The third-order valence-corrected chi connectivity index (χ3v) is 2.67. The number of hydrogen-bond acceptors (Lipinski definition) is 3. The van der Waals surface area contributed by atoms with E-state index in [0.29, 0.717) is 18.4 Å². The number of rotatable bonds is 6. The highest BCUT2D eigenvalue weighted by Crippen LogP contribution is 2.10. The average molecular weight is 264 g/mol. The first-order chi connectivity index (χ1) is 9.06. The number of ether oxygens (including phenoxy) is 1. The number of hydrogen-bond donors (Lipinski definition) is 1. The van der Waals surface area contributed by atoms with E-state index in [0.717, 1.165) is 18.7 Å². The topological polar surface area (TPSA) is 63.7 Å². The Hall–Kier alpha value is -1.78. The van der Waals surface area contributed by atoms with Crippen molar-refractivity contribution in [1.29, 1.82) is 0 Å². The molecule has 0 spiro atoms. The summed E-state index contributed by atoms with van der Waals surface area (Å²) in [4.78, 5) is 10.6. The zero-order valence-electron chi connectivity index (χ0n) is 12.3. The molecule has 0 atom stereocenters. The number of aromatic nitrogens is 1. The van der Waals surface area contributed by atoms with Crippen LogP contribution in [0.15, 0.2) is 23.3 Å². The fourth-order valence-electron chi connectivity index (χ4n) is 1.64. The van der Waals surface area contributed by atoms with Crippen LogP contribution in [0.4, 0.5) is 0 Å². The van der Waals surface area contributed by atoms with Gasteiger partial charge in [-0.25, -0.2) is 9.98 Å². The van der Waals surface area contributed by atoms with Gasteiger partial charge in [-0.1, -0.05) is 6.07 Å². The number of pyridine rings is 1. The zero-order valence-corrected chi connectivity index (χ0v) is 12.3. The van der Waals surface area contributed by atoms with Crippen molar-refractivity contribution in [2.45, 2.75) is 40.3 Å². The second-order valence-electron chi connectivity index (χ2n) is 4.52. The largest absolute Gasteiger partial charge is 0.475 e.